The van der Waals surface area contributed by atoms with Crippen molar-refractivity contribution >= 4 is 17.4 Å². The molecule has 2 heterocycles. The fourth-order valence-electron chi connectivity index (χ4n) is 3.68. The number of nitrogens with one attached hydrogen (secondary N) is 1. The zero-order chi connectivity index (χ0) is 22.5. The lowest BCUT2D eigenvalue weighted by atomic mass is 10.1. The second kappa shape index (κ2) is 9.54. The summed E-state index contributed by atoms with van der Waals surface area (Å²) in [7, 11) is 0. The van der Waals surface area contributed by atoms with Gasteiger partial charge in [-0.25, -0.2) is 0 Å². The minimum atomic E-state index is -0.490. The van der Waals surface area contributed by atoms with Gasteiger partial charge in [0.1, 0.15) is 11.6 Å². The molecule has 1 N–H and O–H groups in total. The first-order valence-electron chi connectivity index (χ1n) is 10.4. The number of anilines is 1. The van der Waals surface area contributed by atoms with Gasteiger partial charge in [-0.05, 0) is 36.8 Å². The van der Waals surface area contributed by atoms with E-state index in [0.29, 0.717) is 24.3 Å². The molecule has 0 saturated carbocycles. The van der Waals surface area contributed by atoms with Gasteiger partial charge in [0.15, 0.2) is 17.3 Å². The second-order valence-corrected chi connectivity index (χ2v) is 7.75. The van der Waals surface area contributed by atoms with Crippen LogP contribution in [-0.4, -0.2) is 54.5 Å². The molecule has 0 unspecified atom stereocenters. The first-order chi connectivity index (χ1) is 15.5. The summed E-state index contributed by atoms with van der Waals surface area (Å²) < 4.78 is 10.8. The number of nitrogens with zero attached hydrogens (tertiary/aromatic N) is 3. The van der Waals surface area contributed by atoms with Crippen LogP contribution in [0.25, 0.3) is 0 Å². The molecule has 0 aromatic heterocycles. The molecule has 1 fully saturated rings. The molecule has 2 aliphatic heterocycles. The summed E-state index contributed by atoms with van der Waals surface area (Å²) in [5, 5.41) is 12.2. The van der Waals surface area contributed by atoms with Crippen LogP contribution >= 0.6 is 0 Å². The van der Waals surface area contributed by atoms with Crippen LogP contribution in [0.1, 0.15) is 22.8 Å². The van der Waals surface area contributed by atoms with Crippen molar-refractivity contribution in [2.45, 2.75) is 13.5 Å². The lowest BCUT2D eigenvalue weighted by Gasteiger charge is -2.34. The highest BCUT2D eigenvalue weighted by Gasteiger charge is 2.19. The molecule has 2 aliphatic rings. The quantitative estimate of drug-likeness (QED) is 0.426. The fourth-order valence-corrected chi connectivity index (χ4v) is 3.68. The molecule has 164 valence electrons. The summed E-state index contributed by atoms with van der Waals surface area (Å²) in [6.07, 6.45) is 1.61. The van der Waals surface area contributed by atoms with Gasteiger partial charge in [0.05, 0.1) is 0 Å². The van der Waals surface area contributed by atoms with E-state index in [2.05, 4.69) is 10.2 Å². The predicted octanol–water partition coefficient (Wildman–Crippen LogP) is 2.78. The Hall–Kier alpha value is -3.83. The van der Waals surface area contributed by atoms with Crippen molar-refractivity contribution in [2.24, 2.45) is 0 Å². The van der Waals surface area contributed by atoms with Gasteiger partial charge in [-0.3, -0.25) is 14.5 Å². The third kappa shape index (κ3) is 5.07. The zero-order valence-corrected chi connectivity index (χ0v) is 17.8. The first kappa shape index (κ1) is 21.4. The fraction of sp³-hybridized carbons (Fsp3) is 0.292. The summed E-state index contributed by atoms with van der Waals surface area (Å²) >= 11 is 0. The van der Waals surface area contributed by atoms with Crippen LogP contribution in [0.15, 0.2) is 54.2 Å². The van der Waals surface area contributed by atoms with Gasteiger partial charge in [0, 0.05) is 50.2 Å². The lowest BCUT2D eigenvalue weighted by molar-refractivity contribution is -0.112. The summed E-state index contributed by atoms with van der Waals surface area (Å²) in [5.74, 6) is 0.980. The maximum absolute atomic E-state index is 12.6. The number of Topliss-reactive ketones (excluding diaryl/α,β-unsaturated/α-hetero) is 1. The van der Waals surface area contributed by atoms with Crippen LogP contribution in [0.4, 0.5) is 5.69 Å². The van der Waals surface area contributed by atoms with Gasteiger partial charge in [-0.1, -0.05) is 18.2 Å². The van der Waals surface area contributed by atoms with Crippen molar-refractivity contribution in [1.82, 2.24) is 9.80 Å². The Balaban J connectivity index is 1.32. The molecule has 0 bridgehead atoms. The van der Waals surface area contributed by atoms with Crippen LogP contribution < -0.4 is 14.8 Å². The number of hydrogen-bond donors (Lipinski definition) is 1. The Kier molecular flexibility index (Phi) is 6.38. The number of benzene rings is 2. The van der Waals surface area contributed by atoms with Crippen molar-refractivity contribution in [3.63, 3.8) is 0 Å². The number of ether oxygens (including phenoxy) is 2. The van der Waals surface area contributed by atoms with E-state index in [9.17, 15) is 14.9 Å². The average Bonchev–Trinajstić information content (AvgIpc) is 3.26. The summed E-state index contributed by atoms with van der Waals surface area (Å²) in [5.41, 5.74) is 2.17. The largest absolute Gasteiger partial charge is 0.454 e. The second-order valence-electron chi connectivity index (χ2n) is 7.75. The molecule has 2 aromatic carbocycles. The molecular formula is C24H24N4O4. The summed E-state index contributed by atoms with van der Waals surface area (Å²) in [4.78, 5) is 28.4. The van der Waals surface area contributed by atoms with Crippen molar-refractivity contribution in [3.8, 4) is 17.6 Å². The van der Waals surface area contributed by atoms with Gasteiger partial charge in [0.25, 0.3) is 5.91 Å². The van der Waals surface area contributed by atoms with Crippen molar-refractivity contribution in [3.05, 3.63) is 65.4 Å². The minimum Gasteiger partial charge on any atom is -0.454 e. The number of rotatable bonds is 6. The van der Waals surface area contributed by atoms with Crippen LogP contribution in [0.2, 0.25) is 0 Å². The maximum atomic E-state index is 12.6. The molecular weight excluding hydrogens is 408 g/mol. The molecule has 0 radical (unpaired) electrons. The highest BCUT2D eigenvalue weighted by molar-refractivity contribution is 6.07. The van der Waals surface area contributed by atoms with Gasteiger partial charge in [0.2, 0.25) is 6.79 Å². The number of amides is 1. The SMILES string of the molecule is CC(=O)c1cccc(NC(=O)/C(C#N)=C\N2CCN(Cc3ccc4c(c3)OCO4)CC2)c1. The standard InChI is InChI=1S/C24H24N4O4/c1-17(29)19-3-2-4-21(12-19)26-24(30)20(13-25)15-28-9-7-27(8-10-28)14-18-5-6-22-23(11-18)32-16-31-22/h2-6,11-12,15H,7-10,14,16H2,1H3,(H,26,30)/b20-15-. The predicted molar refractivity (Wildman–Crippen MR) is 118 cm³/mol. The number of fused-ring (bicyclic) bond motifs is 1. The van der Waals surface area contributed by atoms with E-state index in [1.54, 1.807) is 30.5 Å². The molecule has 1 amide bonds. The Morgan fingerprint density at radius 1 is 1.09 bits per heavy atom. The Bertz CT molecular complexity index is 1100. The van der Waals surface area contributed by atoms with E-state index < -0.39 is 5.91 Å². The monoisotopic (exact) mass is 432 g/mol. The maximum Gasteiger partial charge on any atom is 0.267 e. The van der Waals surface area contributed by atoms with E-state index in [1.807, 2.05) is 29.2 Å². The molecule has 1 saturated heterocycles. The molecule has 8 nitrogen and oxygen atoms in total. The van der Waals surface area contributed by atoms with Gasteiger partial charge >= 0.3 is 0 Å². The highest BCUT2D eigenvalue weighted by atomic mass is 16.7. The lowest BCUT2D eigenvalue weighted by Crippen LogP contribution is -2.43. The number of ketones is 1. The zero-order valence-electron chi connectivity index (χ0n) is 17.8. The van der Waals surface area contributed by atoms with E-state index in [-0.39, 0.29) is 18.1 Å². The van der Waals surface area contributed by atoms with E-state index >= 15 is 0 Å². The molecule has 0 atom stereocenters. The van der Waals surface area contributed by atoms with E-state index in [0.717, 1.165) is 36.7 Å². The molecule has 2 aromatic rings. The van der Waals surface area contributed by atoms with Gasteiger partial charge < -0.3 is 19.7 Å². The average molecular weight is 432 g/mol. The van der Waals surface area contributed by atoms with Crippen molar-refractivity contribution in [2.75, 3.05) is 38.3 Å². The third-order valence-electron chi connectivity index (χ3n) is 5.45. The summed E-state index contributed by atoms with van der Waals surface area (Å²) in [6.45, 7) is 5.57. The number of piperazine rings is 1. The highest BCUT2D eigenvalue weighted by Crippen LogP contribution is 2.32. The molecule has 4 rings (SSSR count). The molecule has 32 heavy (non-hydrogen) atoms. The molecule has 0 spiro atoms. The van der Waals surface area contributed by atoms with Gasteiger partial charge in [-0.15, -0.1) is 0 Å². The number of nitriles is 1. The van der Waals surface area contributed by atoms with Crippen LogP contribution in [0, 0.1) is 11.3 Å². The van der Waals surface area contributed by atoms with Crippen molar-refractivity contribution in [1.29, 1.82) is 5.26 Å². The first-order valence-corrected chi connectivity index (χ1v) is 10.4. The van der Waals surface area contributed by atoms with Gasteiger partial charge in [-0.2, -0.15) is 5.26 Å². The van der Waals surface area contributed by atoms with Crippen molar-refractivity contribution < 1.29 is 19.1 Å². The number of carbonyl (C=O) groups excluding carboxylic acids is 2. The normalized spacial score (nSPS) is 15.9. The van der Waals surface area contributed by atoms with Crippen LogP contribution in [0.5, 0.6) is 11.5 Å². The number of hydrogen-bond acceptors (Lipinski definition) is 7. The summed E-state index contributed by atoms with van der Waals surface area (Å²) in [6, 6.07) is 14.6. The number of carbonyl (C=O) groups is 2. The molecule has 8 heteroatoms. The van der Waals surface area contributed by atoms with E-state index in [4.69, 9.17) is 9.47 Å². The van der Waals surface area contributed by atoms with Crippen LogP contribution in [-0.2, 0) is 11.3 Å². The Morgan fingerprint density at radius 2 is 1.88 bits per heavy atom. The van der Waals surface area contributed by atoms with Crippen LogP contribution in [0.3, 0.4) is 0 Å². The topological polar surface area (TPSA) is 94.9 Å². The Morgan fingerprint density at radius 3 is 2.62 bits per heavy atom. The molecule has 0 aliphatic carbocycles. The van der Waals surface area contributed by atoms with E-state index in [1.165, 1.54) is 6.92 Å². The smallest absolute Gasteiger partial charge is 0.267 e. The Labute approximate surface area is 186 Å². The minimum absolute atomic E-state index is 0.0300. The third-order valence-corrected chi connectivity index (χ3v) is 5.45.